The highest BCUT2D eigenvalue weighted by molar-refractivity contribution is 8.03. The van der Waals surface area contributed by atoms with Crippen LogP contribution in [-0.2, 0) is 20.9 Å². The summed E-state index contributed by atoms with van der Waals surface area (Å²) in [6, 6.07) is 9.54. The maximum absolute atomic E-state index is 12.3. The highest BCUT2D eigenvalue weighted by Crippen LogP contribution is 2.28. The molecule has 130 valence electrons. The Morgan fingerprint density at radius 1 is 1.32 bits per heavy atom. The molecule has 0 atom stereocenters. The van der Waals surface area contributed by atoms with Crippen LogP contribution in [0.5, 0.6) is 0 Å². The highest BCUT2D eigenvalue weighted by Gasteiger charge is 2.25. The standard InChI is InChI=1S/C16H16N4O3S2/c1-23-8-14-18-19-16(25-14)17-13(21)7-20-12(9-24-10-15(20)22)11-5-3-2-4-6-11/h2-6,9H,7-8,10H2,1H3,(H,17,19,21). The first-order chi connectivity index (χ1) is 12.2. The van der Waals surface area contributed by atoms with Crippen molar-refractivity contribution in [3.63, 3.8) is 0 Å². The minimum absolute atomic E-state index is 0.0701. The summed E-state index contributed by atoms with van der Waals surface area (Å²) in [5.41, 5.74) is 1.63. The van der Waals surface area contributed by atoms with E-state index in [4.69, 9.17) is 4.74 Å². The molecule has 1 aliphatic rings. The molecule has 2 aromatic rings. The van der Waals surface area contributed by atoms with E-state index in [1.54, 1.807) is 7.11 Å². The minimum Gasteiger partial charge on any atom is -0.377 e. The Labute approximate surface area is 153 Å². The number of aromatic nitrogens is 2. The maximum Gasteiger partial charge on any atom is 0.246 e. The first-order valence-corrected chi connectivity index (χ1v) is 9.32. The van der Waals surface area contributed by atoms with Crippen molar-refractivity contribution < 1.29 is 14.3 Å². The van der Waals surface area contributed by atoms with E-state index in [-0.39, 0.29) is 18.4 Å². The monoisotopic (exact) mass is 376 g/mol. The Hall–Kier alpha value is -2.23. The fourth-order valence-electron chi connectivity index (χ4n) is 2.26. The van der Waals surface area contributed by atoms with Crippen LogP contribution in [0.2, 0.25) is 0 Å². The van der Waals surface area contributed by atoms with Gasteiger partial charge in [0.25, 0.3) is 0 Å². The minimum atomic E-state index is -0.317. The molecular weight excluding hydrogens is 360 g/mol. The lowest BCUT2D eigenvalue weighted by atomic mass is 10.1. The molecule has 1 aromatic heterocycles. The molecular formula is C16H16N4O3S2. The second kappa shape index (κ2) is 8.24. The number of thioether (sulfide) groups is 1. The first kappa shape index (κ1) is 17.6. The molecule has 0 spiro atoms. The molecule has 0 radical (unpaired) electrons. The molecule has 7 nitrogen and oxygen atoms in total. The number of benzene rings is 1. The SMILES string of the molecule is COCc1nnc(NC(=O)CN2C(=O)CSC=C2c2ccccc2)s1. The van der Waals surface area contributed by atoms with Crippen molar-refractivity contribution in [2.45, 2.75) is 6.61 Å². The Morgan fingerprint density at radius 2 is 2.12 bits per heavy atom. The molecule has 1 aromatic carbocycles. The van der Waals surface area contributed by atoms with Gasteiger partial charge in [-0.3, -0.25) is 14.9 Å². The Morgan fingerprint density at radius 3 is 2.88 bits per heavy atom. The van der Waals surface area contributed by atoms with E-state index >= 15 is 0 Å². The van der Waals surface area contributed by atoms with E-state index in [9.17, 15) is 9.59 Å². The van der Waals surface area contributed by atoms with E-state index in [1.165, 1.54) is 28.0 Å². The average molecular weight is 376 g/mol. The van der Waals surface area contributed by atoms with Gasteiger partial charge in [0, 0.05) is 7.11 Å². The maximum atomic E-state index is 12.3. The smallest absolute Gasteiger partial charge is 0.246 e. The summed E-state index contributed by atoms with van der Waals surface area (Å²) in [7, 11) is 1.57. The van der Waals surface area contributed by atoms with Crippen molar-refractivity contribution in [3.05, 3.63) is 46.3 Å². The van der Waals surface area contributed by atoms with Gasteiger partial charge in [-0.1, -0.05) is 41.7 Å². The predicted molar refractivity (Wildman–Crippen MR) is 97.8 cm³/mol. The summed E-state index contributed by atoms with van der Waals surface area (Å²) in [6.07, 6.45) is 0. The zero-order chi connectivity index (χ0) is 17.6. The number of hydrogen-bond acceptors (Lipinski definition) is 7. The van der Waals surface area contributed by atoms with Gasteiger partial charge >= 0.3 is 0 Å². The summed E-state index contributed by atoms with van der Waals surface area (Å²) >= 11 is 2.67. The molecule has 1 N–H and O–H groups in total. The molecule has 25 heavy (non-hydrogen) atoms. The van der Waals surface area contributed by atoms with Crippen LogP contribution in [0.1, 0.15) is 10.6 Å². The van der Waals surface area contributed by atoms with Crippen LogP contribution in [-0.4, -0.2) is 46.3 Å². The number of nitrogens with one attached hydrogen (secondary N) is 1. The van der Waals surface area contributed by atoms with Gasteiger partial charge in [0.05, 0.1) is 11.4 Å². The van der Waals surface area contributed by atoms with Crippen LogP contribution in [0.15, 0.2) is 35.7 Å². The van der Waals surface area contributed by atoms with Gasteiger partial charge in [-0.15, -0.1) is 22.0 Å². The third-order valence-electron chi connectivity index (χ3n) is 3.35. The largest absolute Gasteiger partial charge is 0.377 e. The van der Waals surface area contributed by atoms with E-state index in [0.717, 1.165) is 11.3 Å². The molecule has 2 amide bonds. The van der Waals surface area contributed by atoms with Crippen molar-refractivity contribution in [2.24, 2.45) is 0 Å². The second-order valence-electron chi connectivity index (χ2n) is 5.14. The van der Waals surface area contributed by atoms with Gasteiger partial charge in [-0.25, -0.2) is 0 Å². The molecule has 0 saturated carbocycles. The zero-order valence-electron chi connectivity index (χ0n) is 13.5. The predicted octanol–water partition coefficient (Wildman–Crippen LogP) is 2.20. The number of methoxy groups -OCH3 is 1. The number of anilines is 1. The van der Waals surface area contributed by atoms with Crippen molar-refractivity contribution >= 4 is 45.7 Å². The summed E-state index contributed by atoms with van der Waals surface area (Å²) < 4.78 is 4.98. The van der Waals surface area contributed by atoms with Crippen molar-refractivity contribution in [1.29, 1.82) is 0 Å². The van der Waals surface area contributed by atoms with Gasteiger partial charge in [-0.2, -0.15) is 0 Å². The van der Waals surface area contributed by atoms with Gasteiger partial charge in [0.1, 0.15) is 18.2 Å². The van der Waals surface area contributed by atoms with Crippen LogP contribution >= 0.6 is 23.1 Å². The molecule has 0 bridgehead atoms. The number of ether oxygens (including phenoxy) is 1. The van der Waals surface area contributed by atoms with Gasteiger partial charge < -0.3 is 9.64 Å². The van der Waals surface area contributed by atoms with Gasteiger partial charge in [0.2, 0.25) is 16.9 Å². The molecule has 0 saturated heterocycles. The normalized spacial score (nSPS) is 14.4. The summed E-state index contributed by atoms with van der Waals surface area (Å²) in [5, 5.41) is 13.5. The average Bonchev–Trinajstić information content (AvgIpc) is 3.05. The Kier molecular flexibility index (Phi) is 5.79. The molecule has 9 heteroatoms. The molecule has 1 aliphatic heterocycles. The quantitative estimate of drug-likeness (QED) is 0.832. The van der Waals surface area contributed by atoms with Crippen molar-refractivity contribution in [1.82, 2.24) is 15.1 Å². The lowest BCUT2D eigenvalue weighted by Crippen LogP contribution is -2.39. The number of hydrogen-bond donors (Lipinski definition) is 1. The van der Waals surface area contributed by atoms with Crippen molar-refractivity contribution in [3.8, 4) is 0 Å². The van der Waals surface area contributed by atoms with Gasteiger partial charge in [-0.05, 0) is 11.0 Å². The van der Waals surface area contributed by atoms with E-state index < -0.39 is 0 Å². The fraction of sp³-hybridized carbons (Fsp3) is 0.250. The van der Waals surface area contributed by atoms with E-state index in [1.807, 2.05) is 35.7 Å². The van der Waals surface area contributed by atoms with Crippen LogP contribution < -0.4 is 5.32 Å². The number of nitrogens with zero attached hydrogens (tertiary/aromatic N) is 3. The molecule has 0 aliphatic carbocycles. The lowest BCUT2D eigenvalue weighted by Gasteiger charge is -2.27. The number of carbonyl (C=O) groups is 2. The van der Waals surface area contributed by atoms with Crippen LogP contribution in [0.25, 0.3) is 5.70 Å². The molecule has 2 heterocycles. The third-order valence-corrected chi connectivity index (χ3v) is 4.96. The third kappa shape index (κ3) is 4.44. The molecule has 0 unspecified atom stereocenters. The number of amides is 2. The lowest BCUT2D eigenvalue weighted by molar-refractivity contribution is -0.129. The highest BCUT2D eigenvalue weighted by atomic mass is 32.2. The van der Waals surface area contributed by atoms with Crippen LogP contribution in [0, 0.1) is 0 Å². The fourth-order valence-corrected chi connectivity index (χ4v) is 3.79. The second-order valence-corrected chi connectivity index (χ2v) is 7.06. The topological polar surface area (TPSA) is 84.4 Å². The first-order valence-electron chi connectivity index (χ1n) is 7.46. The van der Waals surface area contributed by atoms with Gasteiger partial charge in [0.15, 0.2) is 0 Å². The molecule has 0 fully saturated rings. The molecule has 3 rings (SSSR count). The summed E-state index contributed by atoms with van der Waals surface area (Å²) in [4.78, 5) is 26.1. The van der Waals surface area contributed by atoms with Crippen molar-refractivity contribution in [2.75, 3.05) is 24.7 Å². The number of carbonyl (C=O) groups excluding carboxylic acids is 2. The van der Waals surface area contributed by atoms with E-state index in [0.29, 0.717) is 22.5 Å². The zero-order valence-corrected chi connectivity index (χ0v) is 15.1. The summed E-state index contributed by atoms with van der Waals surface area (Å²) in [6.45, 7) is 0.273. The number of rotatable bonds is 6. The summed E-state index contributed by atoms with van der Waals surface area (Å²) in [5.74, 6) is -0.0959. The Balaban J connectivity index is 1.70. The van der Waals surface area contributed by atoms with Crippen LogP contribution in [0.4, 0.5) is 5.13 Å². The van der Waals surface area contributed by atoms with Crippen LogP contribution in [0.3, 0.4) is 0 Å². The Bertz CT molecular complexity index is 792. The van der Waals surface area contributed by atoms with E-state index in [2.05, 4.69) is 15.5 Å².